The summed E-state index contributed by atoms with van der Waals surface area (Å²) in [5.41, 5.74) is 0.381. The van der Waals surface area contributed by atoms with Crippen molar-refractivity contribution in [3.8, 4) is 6.07 Å². The number of hydrogen-bond donors (Lipinski definition) is 0. The van der Waals surface area contributed by atoms with E-state index < -0.39 is 6.43 Å². The van der Waals surface area contributed by atoms with Crippen LogP contribution in [0.5, 0.6) is 0 Å². The molecule has 1 saturated heterocycles. The van der Waals surface area contributed by atoms with Gasteiger partial charge < -0.3 is 9.80 Å². The third kappa shape index (κ3) is 3.43. The molecule has 0 N–H and O–H groups in total. The van der Waals surface area contributed by atoms with Crippen LogP contribution in [0.2, 0.25) is 0 Å². The maximum Gasteiger partial charge on any atom is 0.280 e. The number of pyridine rings is 1. The highest BCUT2D eigenvalue weighted by Crippen LogP contribution is 2.39. The molecule has 0 spiro atoms. The summed E-state index contributed by atoms with van der Waals surface area (Å²) in [7, 11) is 0. The summed E-state index contributed by atoms with van der Waals surface area (Å²) in [6.45, 7) is 2.69. The van der Waals surface area contributed by atoms with Gasteiger partial charge in [-0.3, -0.25) is 0 Å². The predicted octanol–water partition coefficient (Wildman–Crippen LogP) is 2.88. The van der Waals surface area contributed by atoms with Crippen molar-refractivity contribution >= 4 is 11.6 Å². The molecule has 2 fully saturated rings. The Kier molecular flexibility index (Phi) is 4.37. The topological polar surface area (TPSA) is 68.9 Å². The number of nitriles is 1. The van der Waals surface area contributed by atoms with Gasteiger partial charge >= 0.3 is 0 Å². The molecule has 1 aliphatic heterocycles. The molecule has 3 heterocycles. The Morgan fingerprint density at radius 2 is 1.73 bits per heavy atom. The minimum Gasteiger partial charge on any atom is -0.353 e. The van der Waals surface area contributed by atoms with Crippen molar-refractivity contribution in [3.05, 3.63) is 41.5 Å². The van der Waals surface area contributed by atoms with Crippen LogP contribution in [-0.4, -0.2) is 41.1 Å². The molecule has 8 heteroatoms. The van der Waals surface area contributed by atoms with Crippen molar-refractivity contribution in [1.82, 2.24) is 15.0 Å². The van der Waals surface area contributed by atoms with Gasteiger partial charge in [0.05, 0.1) is 11.6 Å². The molecule has 1 aliphatic carbocycles. The lowest BCUT2D eigenvalue weighted by atomic mass is 10.2. The summed E-state index contributed by atoms with van der Waals surface area (Å²) >= 11 is 0. The highest BCUT2D eigenvalue weighted by molar-refractivity contribution is 5.48. The first-order valence-electron chi connectivity index (χ1n) is 8.67. The van der Waals surface area contributed by atoms with E-state index in [1.807, 2.05) is 4.90 Å². The van der Waals surface area contributed by atoms with Gasteiger partial charge in [0.25, 0.3) is 6.43 Å². The van der Waals surface area contributed by atoms with E-state index in [2.05, 4.69) is 25.9 Å². The van der Waals surface area contributed by atoms with Crippen molar-refractivity contribution in [3.63, 3.8) is 0 Å². The molecule has 2 aliphatic rings. The number of piperazine rings is 1. The number of hydrogen-bond acceptors (Lipinski definition) is 6. The zero-order valence-corrected chi connectivity index (χ0v) is 14.1. The smallest absolute Gasteiger partial charge is 0.280 e. The van der Waals surface area contributed by atoms with Crippen molar-refractivity contribution < 1.29 is 8.78 Å². The standard InChI is InChI=1S/C18H18F2N6/c19-17(20)14-10-16(24-18(23-14)13-1-2-13)26-7-5-25(6-8-26)15-9-12(11-21)3-4-22-15/h3-4,9-10,13,17H,1-2,5-8H2. The summed E-state index contributed by atoms with van der Waals surface area (Å²) in [5, 5.41) is 9.02. The normalized spacial score (nSPS) is 17.5. The van der Waals surface area contributed by atoms with E-state index in [1.54, 1.807) is 18.3 Å². The Morgan fingerprint density at radius 1 is 1.04 bits per heavy atom. The van der Waals surface area contributed by atoms with Crippen LogP contribution in [0.25, 0.3) is 0 Å². The summed E-state index contributed by atoms with van der Waals surface area (Å²) in [5.74, 6) is 2.11. The van der Waals surface area contributed by atoms with Crippen molar-refractivity contribution in [2.24, 2.45) is 0 Å². The van der Waals surface area contributed by atoms with Crippen molar-refractivity contribution in [1.29, 1.82) is 5.26 Å². The molecule has 0 amide bonds. The quantitative estimate of drug-likeness (QED) is 0.839. The zero-order chi connectivity index (χ0) is 18.1. The molecule has 2 aromatic rings. The first-order valence-corrected chi connectivity index (χ1v) is 8.67. The number of anilines is 2. The molecule has 0 unspecified atom stereocenters. The fourth-order valence-electron chi connectivity index (χ4n) is 3.09. The Bertz CT molecular complexity index is 818. The monoisotopic (exact) mass is 356 g/mol. The van der Waals surface area contributed by atoms with E-state index in [1.165, 1.54) is 6.07 Å². The van der Waals surface area contributed by atoms with Crippen LogP contribution in [0.3, 0.4) is 0 Å². The lowest BCUT2D eigenvalue weighted by molar-refractivity contribution is 0.145. The number of aromatic nitrogens is 3. The molecule has 6 nitrogen and oxygen atoms in total. The molecule has 4 rings (SSSR count). The summed E-state index contributed by atoms with van der Waals surface area (Å²) in [6, 6.07) is 6.96. The number of nitrogens with zero attached hydrogens (tertiary/aromatic N) is 6. The van der Waals surface area contributed by atoms with Gasteiger partial charge in [0.2, 0.25) is 0 Å². The minimum absolute atomic E-state index is 0.192. The maximum absolute atomic E-state index is 13.2. The minimum atomic E-state index is -2.59. The second kappa shape index (κ2) is 6.83. The molecule has 0 atom stereocenters. The van der Waals surface area contributed by atoms with E-state index >= 15 is 0 Å². The fraction of sp³-hybridized carbons (Fsp3) is 0.444. The van der Waals surface area contributed by atoms with Gasteiger partial charge in [-0.15, -0.1) is 0 Å². The van der Waals surface area contributed by atoms with E-state index in [0.29, 0.717) is 43.4 Å². The van der Waals surface area contributed by atoms with Crippen LogP contribution in [0.4, 0.5) is 20.4 Å². The first-order chi connectivity index (χ1) is 12.6. The lowest BCUT2D eigenvalue weighted by Crippen LogP contribution is -2.47. The number of halogens is 2. The van der Waals surface area contributed by atoms with Gasteiger partial charge in [-0.1, -0.05) is 0 Å². The highest BCUT2D eigenvalue weighted by Gasteiger charge is 2.29. The molecule has 2 aromatic heterocycles. The van der Waals surface area contributed by atoms with Gasteiger partial charge in [-0.05, 0) is 25.0 Å². The van der Waals surface area contributed by atoms with E-state index in [-0.39, 0.29) is 11.6 Å². The van der Waals surface area contributed by atoms with Gasteiger partial charge in [0.1, 0.15) is 23.2 Å². The van der Waals surface area contributed by atoms with Crippen LogP contribution in [0.15, 0.2) is 24.4 Å². The second-order valence-electron chi connectivity index (χ2n) is 6.57. The summed E-state index contributed by atoms with van der Waals surface area (Å²) in [6.07, 6.45) is 0.983. The van der Waals surface area contributed by atoms with Gasteiger partial charge in [0.15, 0.2) is 0 Å². The van der Waals surface area contributed by atoms with E-state index in [0.717, 1.165) is 18.7 Å². The van der Waals surface area contributed by atoms with Crippen molar-refractivity contribution in [2.75, 3.05) is 36.0 Å². The molecular weight excluding hydrogens is 338 g/mol. The Morgan fingerprint density at radius 3 is 2.35 bits per heavy atom. The predicted molar refractivity (Wildman–Crippen MR) is 92.3 cm³/mol. The average Bonchev–Trinajstić information content (AvgIpc) is 3.53. The molecule has 26 heavy (non-hydrogen) atoms. The SMILES string of the molecule is N#Cc1ccnc(N2CCN(c3cc(C(F)F)nc(C4CC4)n3)CC2)c1. The van der Waals surface area contributed by atoms with Gasteiger partial charge in [0, 0.05) is 44.4 Å². The second-order valence-corrected chi connectivity index (χ2v) is 6.57. The summed E-state index contributed by atoms with van der Waals surface area (Å²) in [4.78, 5) is 17.0. The number of rotatable bonds is 4. The van der Waals surface area contributed by atoms with Crippen LogP contribution in [0.1, 0.15) is 42.3 Å². The molecule has 0 radical (unpaired) electrons. The highest BCUT2D eigenvalue weighted by atomic mass is 19.3. The zero-order valence-electron chi connectivity index (χ0n) is 14.1. The molecule has 0 bridgehead atoms. The van der Waals surface area contributed by atoms with Crippen LogP contribution < -0.4 is 9.80 Å². The third-order valence-electron chi connectivity index (χ3n) is 4.72. The van der Waals surface area contributed by atoms with E-state index in [4.69, 9.17) is 5.26 Å². The summed E-state index contributed by atoms with van der Waals surface area (Å²) < 4.78 is 26.4. The third-order valence-corrected chi connectivity index (χ3v) is 4.72. The lowest BCUT2D eigenvalue weighted by Gasteiger charge is -2.36. The molecule has 0 aromatic carbocycles. The molecule has 134 valence electrons. The van der Waals surface area contributed by atoms with Crippen LogP contribution >= 0.6 is 0 Å². The average molecular weight is 356 g/mol. The van der Waals surface area contributed by atoms with E-state index in [9.17, 15) is 8.78 Å². The first kappa shape index (κ1) is 16.6. The van der Waals surface area contributed by atoms with Gasteiger partial charge in [-0.2, -0.15) is 5.26 Å². The van der Waals surface area contributed by atoms with Crippen molar-refractivity contribution in [2.45, 2.75) is 25.2 Å². The maximum atomic E-state index is 13.2. The van der Waals surface area contributed by atoms with Gasteiger partial charge in [-0.25, -0.2) is 23.7 Å². The Balaban J connectivity index is 1.50. The largest absolute Gasteiger partial charge is 0.353 e. The Hall–Kier alpha value is -2.82. The molecule has 1 saturated carbocycles. The fourth-order valence-corrected chi connectivity index (χ4v) is 3.09. The van der Waals surface area contributed by atoms with Crippen LogP contribution in [0, 0.1) is 11.3 Å². The number of alkyl halides is 2. The Labute approximate surface area is 150 Å². The van der Waals surface area contributed by atoms with Crippen LogP contribution in [-0.2, 0) is 0 Å². The molecular formula is C18H18F2N6.